The molecule has 0 aromatic carbocycles. The van der Waals surface area contributed by atoms with E-state index >= 15 is 0 Å². The van der Waals surface area contributed by atoms with E-state index in [0.29, 0.717) is 13.2 Å². The summed E-state index contributed by atoms with van der Waals surface area (Å²) in [7, 11) is 0. The molecule has 1 saturated heterocycles. The minimum Gasteiger partial charge on any atom is -0.466 e. The van der Waals surface area contributed by atoms with Gasteiger partial charge in [-0.1, -0.05) is 0 Å². The molecule has 4 heteroatoms. The molecule has 4 nitrogen and oxygen atoms in total. The third kappa shape index (κ3) is 1.93. The summed E-state index contributed by atoms with van der Waals surface area (Å²) in [5.74, 6) is -0.601. The van der Waals surface area contributed by atoms with Gasteiger partial charge in [0.25, 0.3) is 0 Å². The van der Waals surface area contributed by atoms with Gasteiger partial charge in [0.05, 0.1) is 12.5 Å². The number of ether oxygens (including phenoxy) is 1. The number of hydrogen-bond acceptors (Lipinski definition) is 3. The molecular weight excluding hydrogens is 146 g/mol. The minimum atomic E-state index is -0.272. The average Bonchev–Trinajstić information content (AvgIpc) is 2.36. The molecular formula is C7H11NO3. The lowest BCUT2D eigenvalue weighted by molar-refractivity contribution is -0.147. The molecule has 1 amide bonds. The van der Waals surface area contributed by atoms with Gasteiger partial charge in [0.1, 0.15) is 0 Å². The predicted octanol–water partition coefficient (Wildman–Crippen LogP) is -0.314. The Bertz CT molecular complexity index is 179. The number of amides is 1. The van der Waals surface area contributed by atoms with E-state index in [4.69, 9.17) is 4.74 Å². The van der Waals surface area contributed by atoms with Crippen molar-refractivity contribution < 1.29 is 14.3 Å². The third-order valence-electron chi connectivity index (χ3n) is 1.60. The summed E-state index contributed by atoms with van der Waals surface area (Å²) in [5, 5.41) is 2.57. The van der Waals surface area contributed by atoms with E-state index in [2.05, 4.69) is 5.32 Å². The van der Waals surface area contributed by atoms with E-state index in [9.17, 15) is 9.59 Å². The van der Waals surface area contributed by atoms with Crippen molar-refractivity contribution in [1.29, 1.82) is 0 Å². The van der Waals surface area contributed by atoms with Crippen LogP contribution in [0.5, 0.6) is 0 Å². The van der Waals surface area contributed by atoms with Crippen molar-refractivity contribution in [2.45, 2.75) is 13.3 Å². The van der Waals surface area contributed by atoms with Crippen molar-refractivity contribution >= 4 is 11.9 Å². The zero-order chi connectivity index (χ0) is 8.27. The van der Waals surface area contributed by atoms with E-state index in [1.54, 1.807) is 6.92 Å². The number of carbonyl (C=O) groups is 2. The summed E-state index contributed by atoms with van der Waals surface area (Å²) < 4.78 is 4.74. The molecule has 0 aromatic rings. The second-order valence-corrected chi connectivity index (χ2v) is 2.46. The topological polar surface area (TPSA) is 55.4 Å². The highest BCUT2D eigenvalue weighted by Crippen LogP contribution is 2.10. The SMILES string of the molecule is CCOC(=O)[C@H]1CNC(=O)C1. The Hall–Kier alpha value is -1.06. The van der Waals surface area contributed by atoms with Gasteiger partial charge in [-0.25, -0.2) is 0 Å². The Labute approximate surface area is 64.9 Å². The second-order valence-electron chi connectivity index (χ2n) is 2.46. The van der Waals surface area contributed by atoms with Gasteiger partial charge in [-0.3, -0.25) is 9.59 Å². The molecule has 0 aromatic heterocycles. The van der Waals surface area contributed by atoms with Crippen LogP contribution in [-0.2, 0) is 14.3 Å². The fourth-order valence-corrected chi connectivity index (χ4v) is 1.03. The Morgan fingerprint density at radius 2 is 2.55 bits per heavy atom. The zero-order valence-corrected chi connectivity index (χ0v) is 6.42. The van der Waals surface area contributed by atoms with Gasteiger partial charge in [-0.05, 0) is 6.92 Å². The van der Waals surface area contributed by atoms with Gasteiger partial charge in [-0.15, -0.1) is 0 Å². The molecule has 0 bridgehead atoms. The van der Waals surface area contributed by atoms with Gasteiger partial charge in [-0.2, -0.15) is 0 Å². The van der Waals surface area contributed by atoms with Crippen LogP contribution in [-0.4, -0.2) is 25.0 Å². The van der Waals surface area contributed by atoms with Crippen molar-refractivity contribution in [3.63, 3.8) is 0 Å². The highest BCUT2D eigenvalue weighted by molar-refractivity contribution is 5.86. The quantitative estimate of drug-likeness (QED) is 0.559. The first-order chi connectivity index (χ1) is 5.24. The van der Waals surface area contributed by atoms with Crippen molar-refractivity contribution in [2.24, 2.45) is 5.92 Å². The highest BCUT2D eigenvalue weighted by Gasteiger charge is 2.28. The van der Waals surface area contributed by atoms with E-state index < -0.39 is 0 Å². The van der Waals surface area contributed by atoms with E-state index in [0.717, 1.165) is 0 Å². The van der Waals surface area contributed by atoms with Crippen LogP contribution in [0.1, 0.15) is 13.3 Å². The highest BCUT2D eigenvalue weighted by atomic mass is 16.5. The average molecular weight is 157 g/mol. The molecule has 1 rings (SSSR count). The maximum atomic E-state index is 11.0. The van der Waals surface area contributed by atoms with Gasteiger partial charge in [0.15, 0.2) is 0 Å². The molecule has 1 aliphatic rings. The molecule has 1 N–H and O–H groups in total. The van der Waals surface area contributed by atoms with Gasteiger partial charge in [0, 0.05) is 13.0 Å². The number of esters is 1. The van der Waals surface area contributed by atoms with Crippen LogP contribution >= 0.6 is 0 Å². The lowest BCUT2D eigenvalue weighted by Crippen LogP contribution is -2.20. The molecule has 0 aliphatic carbocycles. The first kappa shape index (κ1) is 8.04. The molecule has 0 saturated carbocycles. The zero-order valence-electron chi connectivity index (χ0n) is 6.42. The van der Waals surface area contributed by atoms with Crippen molar-refractivity contribution in [3.05, 3.63) is 0 Å². The smallest absolute Gasteiger partial charge is 0.311 e. The molecule has 11 heavy (non-hydrogen) atoms. The summed E-state index contributed by atoms with van der Waals surface area (Å²) in [4.78, 5) is 21.6. The third-order valence-corrected chi connectivity index (χ3v) is 1.60. The van der Waals surface area contributed by atoms with Crippen LogP contribution in [0.2, 0.25) is 0 Å². The summed E-state index contributed by atoms with van der Waals surface area (Å²) in [6.07, 6.45) is 0.277. The van der Waals surface area contributed by atoms with Crippen molar-refractivity contribution in [3.8, 4) is 0 Å². The van der Waals surface area contributed by atoms with Crippen LogP contribution < -0.4 is 5.32 Å². The number of hydrogen-bond donors (Lipinski definition) is 1. The van der Waals surface area contributed by atoms with Gasteiger partial charge in [0.2, 0.25) is 5.91 Å². The van der Waals surface area contributed by atoms with E-state index in [1.807, 2.05) is 0 Å². The number of rotatable bonds is 2. The molecule has 1 aliphatic heterocycles. The lowest BCUT2D eigenvalue weighted by Gasteiger charge is -2.04. The van der Waals surface area contributed by atoms with Crippen LogP contribution in [0.4, 0.5) is 0 Å². The first-order valence-corrected chi connectivity index (χ1v) is 3.67. The Morgan fingerprint density at radius 1 is 1.82 bits per heavy atom. The summed E-state index contributed by atoms with van der Waals surface area (Å²) in [5.41, 5.74) is 0. The van der Waals surface area contributed by atoms with Crippen LogP contribution in [0.25, 0.3) is 0 Å². The first-order valence-electron chi connectivity index (χ1n) is 3.67. The van der Waals surface area contributed by atoms with E-state index in [1.165, 1.54) is 0 Å². The maximum Gasteiger partial charge on any atom is 0.311 e. The molecule has 1 heterocycles. The summed E-state index contributed by atoms with van der Waals surface area (Å²) in [6, 6.07) is 0. The lowest BCUT2D eigenvalue weighted by atomic mass is 10.1. The molecule has 0 unspecified atom stereocenters. The molecule has 0 spiro atoms. The van der Waals surface area contributed by atoms with Crippen LogP contribution in [0, 0.1) is 5.92 Å². The fourth-order valence-electron chi connectivity index (χ4n) is 1.03. The monoisotopic (exact) mass is 157 g/mol. The van der Waals surface area contributed by atoms with E-state index in [-0.39, 0.29) is 24.2 Å². The normalized spacial score (nSPS) is 23.0. The molecule has 1 fully saturated rings. The second kappa shape index (κ2) is 3.37. The van der Waals surface area contributed by atoms with Crippen molar-refractivity contribution in [2.75, 3.05) is 13.2 Å². The van der Waals surface area contributed by atoms with Gasteiger partial charge < -0.3 is 10.1 Å². The standard InChI is InChI=1S/C7H11NO3/c1-2-11-7(10)5-3-6(9)8-4-5/h5H,2-4H2,1H3,(H,8,9)/t5-/m1/s1. The number of nitrogens with one attached hydrogen (secondary N) is 1. The van der Waals surface area contributed by atoms with Gasteiger partial charge >= 0.3 is 5.97 Å². The molecule has 0 radical (unpaired) electrons. The minimum absolute atomic E-state index is 0.0666. The fraction of sp³-hybridized carbons (Fsp3) is 0.714. The Morgan fingerprint density at radius 3 is 3.00 bits per heavy atom. The van der Waals surface area contributed by atoms with Crippen LogP contribution in [0.15, 0.2) is 0 Å². The largest absolute Gasteiger partial charge is 0.466 e. The maximum absolute atomic E-state index is 11.0. The summed E-state index contributed by atoms with van der Waals surface area (Å²) >= 11 is 0. The Balaban J connectivity index is 2.37. The predicted molar refractivity (Wildman–Crippen MR) is 37.7 cm³/mol. The molecule has 62 valence electrons. The van der Waals surface area contributed by atoms with Crippen LogP contribution in [0.3, 0.4) is 0 Å². The summed E-state index contributed by atoms with van der Waals surface area (Å²) in [6.45, 7) is 2.56. The molecule has 1 atom stereocenters. The Kier molecular flexibility index (Phi) is 2.46. The number of carbonyl (C=O) groups excluding carboxylic acids is 2. The van der Waals surface area contributed by atoms with Crippen molar-refractivity contribution in [1.82, 2.24) is 5.32 Å².